The van der Waals surface area contributed by atoms with Gasteiger partial charge in [-0.25, -0.2) is 5.43 Å². The maximum Gasteiger partial charge on any atom is 0.291 e. The van der Waals surface area contributed by atoms with E-state index in [0.29, 0.717) is 29.8 Å². The van der Waals surface area contributed by atoms with Crippen molar-refractivity contribution in [1.29, 1.82) is 0 Å². The molecule has 3 aromatic carbocycles. The van der Waals surface area contributed by atoms with E-state index in [1.54, 1.807) is 12.1 Å². The van der Waals surface area contributed by atoms with Crippen molar-refractivity contribution in [3.63, 3.8) is 0 Å². The van der Waals surface area contributed by atoms with Crippen LogP contribution in [0, 0.1) is 13.8 Å². The second-order valence-corrected chi connectivity index (χ2v) is 9.94. The molecule has 1 heterocycles. The number of nitrogens with one attached hydrogen (secondary N) is 2. The van der Waals surface area contributed by atoms with E-state index >= 15 is 0 Å². The van der Waals surface area contributed by atoms with Crippen molar-refractivity contribution in [2.24, 2.45) is 5.10 Å². The number of carbonyl (C=O) groups excluding carboxylic acids is 2. The zero-order valence-corrected chi connectivity index (χ0v) is 22.2. The van der Waals surface area contributed by atoms with Gasteiger partial charge in [-0.05, 0) is 83.6 Å². The van der Waals surface area contributed by atoms with Crippen molar-refractivity contribution in [2.75, 3.05) is 5.32 Å². The first-order valence-electron chi connectivity index (χ1n) is 12.1. The Morgan fingerprint density at radius 1 is 0.892 bits per heavy atom. The standard InChI is InChI=1S/C30H26BrN3O3/c1-18-11-16-24(23(31)17-18)32-30(36)28-19(2)27-25(9-6-10-26(27)37-28)33-34-29(35)22-14-12-21(13-15-22)20-7-4-3-5-8-20/h3-5,7-8,11-17H,6,9-10H2,1-2H3,(H,32,36)(H,34,35)/b33-25+. The lowest BCUT2D eigenvalue weighted by molar-refractivity contribution is 0.0953. The van der Waals surface area contributed by atoms with Crippen LogP contribution in [0.1, 0.15) is 56.2 Å². The Labute approximate surface area is 223 Å². The Kier molecular flexibility index (Phi) is 7.06. The molecule has 0 unspecified atom stereocenters. The van der Waals surface area contributed by atoms with Crippen LogP contribution in [0.5, 0.6) is 0 Å². The lowest BCUT2D eigenvalue weighted by atomic mass is 9.93. The highest BCUT2D eigenvalue weighted by atomic mass is 79.9. The van der Waals surface area contributed by atoms with Crippen LogP contribution in [0.25, 0.3) is 11.1 Å². The minimum absolute atomic E-state index is 0.259. The number of carbonyl (C=O) groups is 2. The van der Waals surface area contributed by atoms with E-state index in [1.165, 1.54) is 0 Å². The van der Waals surface area contributed by atoms with Crippen LogP contribution in [-0.4, -0.2) is 17.5 Å². The Morgan fingerprint density at radius 3 is 2.35 bits per heavy atom. The first kappa shape index (κ1) is 24.7. The molecule has 0 saturated carbocycles. The van der Waals surface area contributed by atoms with Crippen molar-refractivity contribution in [1.82, 2.24) is 5.43 Å². The molecule has 1 aliphatic rings. The van der Waals surface area contributed by atoms with Crippen LogP contribution < -0.4 is 10.7 Å². The van der Waals surface area contributed by atoms with E-state index in [9.17, 15) is 9.59 Å². The molecule has 0 saturated heterocycles. The van der Waals surface area contributed by atoms with Crippen LogP contribution in [0.3, 0.4) is 0 Å². The molecular formula is C30H26BrN3O3. The van der Waals surface area contributed by atoms with Gasteiger partial charge in [0.1, 0.15) is 5.76 Å². The molecule has 37 heavy (non-hydrogen) atoms. The molecule has 0 fully saturated rings. The van der Waals surface area contributed by atoms with Crippen molar-refractivity contribution in [3.05, 3.63) is 111 Å². The van der Waals surface area contributed by atoms with Crippen molar-refractivity contribution in [3.8, 4) is 11.1 Å². The molecule has 1 aliphatic carbocycles. The van der Waals surface area contributed by atoms with E-state index in [4.69, 9.17) is 4.42 Å². The quantitative estimate of drug-likeness (QED) is 0.259. The molecular weight excluding hydrogens is 530 g/mol. The second-order valence-electron chi connectivity index (χ2n) is 9.09. The minimum atomic E-state index is -0.321. The van der Waals surface area contributed by atoms with Gasteiger partial charge in [0.25, 0.3) is 11.8 Å². The van der Waals surface area contributed by atoms with Gasteiger partial charge < -0.3 is 9.73 Å². The van der Waals surface area contributed by atoms with Crippen molar-refractivity contribution in [2.45, 2.75) is 33.1 Å². The summed E-state index contributed by atoms with van der Waals surface area (Å²) in [6.45, 7) is 3.84. The van der Waals surface area contributed by atoms with Gasteiger partial charge in [-0.2, -0.15) is 5.10 Å². The van der Waals surface area contributed by atoms with E-state index < -0.39 is 0 Å². The largest absolute Gasteiger partial charge is 0.455 e. The zero-order valence-electron chi connectivity index (χ0n) is 20.6. The summed E-state index contributed by atoms with van der Waals surface area (Å²) in [6, 6.07) is 23.2. The number of aryl methyl sites for hydroxylation is 2. The van der Waals surface area contributed by atoms with Gasteiger partial charge in [-0.15, -0.1) is 0 Å². The number of hydrogen-bond acceptors (Lipinski definition) is 4. The first-order valence-corrected chi connectivity index (χ1v) is 12.9. The summed E-state index contributed by atoms with van der Waals surface area (Å²) < 4.78 is 6.79. The smallest absolute Gasteiger partial charge is 0.291 e. The van der Waals surface area contributed by atoms with Gasteiger partial charge in [-0.3, -0.25) is 9.59 Å². The number of benzene rings is 3. The molecule has 186 valence electrons. The molecule has 0 spiro atoms. The molecule has 5 rings (SSSR count). The van der Waals surface area contributed by atoms with Crippen LogP contribution in [0.2, 0.25) is 0 Å². The summed E-state index contributed by atoms with van der Waals surface area (Å²) in [5.74, 6) is 0.368. The average molecular weight is 556 g/mol. The number of hydrogen-bond donors (Lipinski definition) is 2. The van der Waals surface area contributed by atoms with Gasteiger partial charge in [-0.1, -0.05) is 48.5 Å². The van der Waals surface area contributed by atoms with Gasteiger partial charge >= 0.3 is 0 Å². The molecule has 0 aliphatic heterocycles. The molecule has 4 aromatic rings. The molecule has 2 amide bonds. The SMILES string of the molecule is Cc1ccc(NC(=O)c2oc3c(c2C)/C(=N/NC(=O)c2ccc(-c4ccccc4)cc2)CCC3)c(Br)c1. The number of hydrazone groups is 1. The Hall–Kier alpha value is -3.97. The van der Waals surface area contributed by atoms with Gasteiger partial charge in [0, 0.05) is 27.6 Å². The first-order chi connectivity index (χ1) is 17.9. The van der Waals surface area contributed by atoms with Gasteiger partial charge in [0.15, 0.2) is 5.76 Å². The molecule has 0 radical (unpaired) electrons. The number of anilines is 1. The van der Waals surface area contributed by atoms with E-state index in [-0.39, 0.29) is 17.6 Å². The third-order valence-electron chi connectivity index (χ3n) is 6.45. The van der Waals surface area contributed by atoms with E-state index in [0.717, 1.165) is 44.5 Å². The minimum Gasteiger partial charge on any atom is -0.455 e. The van der Waals surface area contributed by atoms with Crippen molar-refractivity contribution < 1.29 is 14.0 Å². The van der Waals surface area contributed by atoms with Crippen LogP contribution in [0.4, 0.5) is 5.69 Å². The summed E-state index contributed by atoms with van der Waals surface area (Å²) in [6.07, 6.45) is 2.22. The topological polar surface area (TPSA) is 83.7 Å². The maximum atomic E-state index is 13.0. The normalized spacial score (nSPS) is 13.8. The highest BCUT2D eigenvalue weighted by Crippen LogP contribution is 2.31. The summed E-state index contributed by atoms with van der Waals surface area (Å²) in [5, 5.41) is 7.36. The number of furan rings is 1. The predicted octanol–water partition coefficient (Wildman–Crippen LogP) is 7.05. The van der Waals surface area contributed by atoms with Crippen LogP contribution >= 0.6 is 15.9 Å². The van der Waals surface area contributed by atoms with E-state index in [1.807, 2.05) is 74.5 Å². The molecule has 1 aromatic heterocycles. The number of amides is 2. The van der Waals surface area contributed by atoms with Crippen molar-refractivity contribution >= 4 is 39.1 Å². The second kappa shape index (κ2) is 10.6. The summed E-state index contributed by atoms with van der Waals surface area (Å²) in [7, 11) is 0. The number of fused-ring (bicyclic) bond motifs is 1. The number of nitrogens with zero attached hydrogens (tertiary/aromatic N) is 1. The molecule has 2 N–H and O–H groups in total. The molecule has 0 atom stereocenters. The summed E-state index contributed by atoms with van der Waals surface area (Å²) >= 11 is 3.50. The average Bonchev–Trinajstić information content (AvgIpc) is 3.26. The zero-order chi connectivity index (χ0) is 25.9. The number of halogens is 1. The number of rotatable bonds is 5. The molecule has 6 nitrogen and oxygen atoms in total. The molecule has 7 heteroatoms. The lowest BCUT2D eigenvalue weighted by Crippen LogP contribution is -2.22. The fourth-order valence-corrected chi connectivity index (χ4v) is 5.12. The third-order valence-corrected chi connectivity index (χ3v) is 7.11. The van der Waals surface area contributed by atoms with E-state index in [2.05, 4.69) is 31.8 Å². The van der Waals surface area contributed by atoms with Gasteiger partial charge in [0.2, 0.25) is 0 Å². The van der Waals surface area contributed by atoms with Crippen LogP contribution in [0.15, 0.2) is 86.8 Å². The van der Waals surface area contributed by atoms with Crippen LogP contribution in [-0.2, 0) is 6.42 Å². The lowest BCUT2D eigenvalue weighted by Gasteiger charge is -2.13. The summed E-state index contributed by atoms with van der Waals surface area (Å²) in [5.41, 5.74) is 9.34. The highest BCUT2D eigenvalue weighted by Gasteiger charge is 2.28. The third kappa shape index (κ3) is 5.27. The maximum absolute atomic E-state index is 13.0. The predicted molar refractivity (Wildman–Crippen MR) is 149 cm³/mol. The highest BCUT2D eigenvalue weighted by molar-refractivity contribution is 9.10. The van der Waals surface area contributed by atoms with Gasteiger partial charge in [0.05, 0.1) is 11.4 Å². The Bertz CT molecular complexity index is 1510. The Morgan fingerprint density at radius 2 is 1.62 bits per heavy atom. The Balaban J connectivity index is 1.33. The monoisotopic (exact) mass is 555 g/mol. The summed E-state index contributed by atoms with van der Waals surface area (Å²) in [4.78, 5) is 25.8. The fourth-order valence-electron chi connectivity index (χ4n) is 4.52. The molecule has 0 bridgehead atoms. The fraction of sp³-hybridized carbons (Fsp3) is 0.167.